The van der Waals surface area contributed by atoms with Crippen LogP contribution in [0.4, 0.5) is 0 Å². The fourth-order valence-electron chi connectivity index (χ4n) is 8.28. The van der Waals surface area contributed by atoms with Crippen molar-refractivity contribution in [2.75, 3.05) is 0 Å². The summed E-state index contributed by atoms with van der Waals surface area (Å²) in [5.74, 6) is 2.35. The average Bonchev–Trinajstić information content (AvgIpc) is 3.91. The molecule has 0 saturated heterocycles. The first-order chi connectivity index (χ1) is 28.7. The van der Waals surface area contributed by atoms with Crippen molar-refractivity contribution in [3.05, 3.63) is 182 Å². The molecule has 0 unspecified atom stereocenters. The van der Waals surface area contributed by atoms with E-state index in [0.717, 1.165) is 82.4 Å². The summed E-state index contributed by atoms with van der Waals surface area (Å²) in [7, 11) is 0. The van der Waals surface area contributed by atoms with Crippen LogP contribution in [0.5, 0.6) is 0 Å². The highest BCUT2D eigenvalue weighted by Crippen LogP contribution is 2.41. The minimum absolute atomic E-state index is 0.571. The molecule has 0 amide bonds. The highest BCUT2D eigenvalue weighted by atomic mass is 16.4. The molecule has 6 heteroatoms. The van der Waals surface area contributed by atoms with E-state index in [1.54, 1.807) is 0 Å². The van der Waals surface area contributed by atoms with Crippen LogP contribution in [-0.2, 0) is 0 Å². The molecule has 0 fully saturated rings. The van der Waals surface area contributed by atoms with Gasteiger partial charge in [0, 0.05) is 27.6 Å². The van der Waals surface area contributed by atoms with Gasteiger partial charge in [-0.1, -0.05) is 133 Å². The van der Waals surface area contributed by atoms with Crippen molar-refractivity contribution in [3.8, 4) is 56.7 Å². The molecule has 0 aliphatic carbocycles. The van der Waals surface area contributed by atoms with Gasteiger partial charge in [-0.2, -0.15) is 0 Å². The fraction of sp³-hybridized carbons (Fsp3) is 0. The first kappa shape index (κ1) is 32.3. The topological polar surface area (TPSA) is 77.8 Å². The smallest absolute Gasteiger partial charge is 0.227 e. The standard InChI is InChI=1S/C52H30N4O2/c1-2-12-34(13-3-1)52-53-43-25-27-45-47(48(43)58-52)46-42-30-39(23-21-33(42)24-26-44(46)57-45)50-54-49(55-51(56-50)41-19-9-15-32-11-6-7-18-40(32)41)38-17-8-16-36(29-38)37-22-20-31-10-4-5-14-35(31)28-37/h1-30H. The number of rotatable bonds is 5. The number of aromatic nitrogens is 4. The van der Waals surface area contributed by atoms with Gasteiger partial charge in [-0.15, -0.1) is 0 Å². The minimum atomic E-state index is 0.571. The van der Waals surface area contributed by atoms with E-state index in [4.69, 9.17) is 28.8 Å². The molecule has 270 valence electrons. The Bertz CT molecular complexity index is 3580. The SMILES string of the molecule is c1ccc(-c2nc3ccc4oc5ccc6ccc(-c7nc(-c8cccc(-c9ccc%10ccccc%10c9)c8)nc(-c8cccc9ccccc89)n7)cc6c5c4c3o2)cc1. The summed E-state index contributed by atoms with van der Waals surface area (Å²) in [5, 5.41) is 8.52. The van der Waals surface area contributed by atoms with Crippen molar-refractivity contribution >= 4 is 65.4 Å². The van der Waals surface area contributed by atoms with E-state index in [0.29, 0.717) is 28.9 Å². The second-order valence-corrected chi connectivity index (χ2v) is 14.6. The van der Waals surface area contributed by atoms with Gasteiger partial charge in [-0.3, -0.25) is 0 Å². The molecule has 0 aliphatic heterocycles. The molecule has 3 aromatic heterocycles. The van der Waals surface area contributed by atoms with E-state index in [1.807, 2.05) is 48.5 Å². The molecule has 0 bridgehead atoms. The zero-order valence-corrected chi connectivity index (χ0v) is 30.9. The van der Waals surface area contributed by atoms with Crippen LogP contribution >= 0.6 is 0 Å². The largest absolute Gasteiger partial charge is 0.456 e. The molecule has 12 aromatic rings. The van der Waals surface area contributed by atoms with Gasteiger partial charge < -0.3 is 8.83 Å². The van der Waals surface area contributed by atoms with Gasteiger partial charge in [-0.25, -0.2) is 19.9 Å². The second-order valence-electron chi connectivity index (χ2n) is 14.6. The van der Waals surface area contributed by atoms with Crippen LogP contribution in [0.1, 0.15) is 0 Å². The first-order valence-electron chi connectivity index (χ1n) is 19.3. The third kappa shape index (κ3) is 5.27. The van der Waals surface area contributed by atoms with E-state index >= 15 is 0 Å². The van der Waals surface area contributed by atoms with Gasteiger partial charge >= 0.3 is 0 Å². The van der Waals surface area contributed by atoms with Crippen LogP contribution < -0.4 is 0 Å². The minimum Gasteiger partial charge on any atom is -0.456 e. The van der Waals surface area contributed by atoms with E-state index in [9.17, 15) is 0 Å². The summed E-state index contributed by atoms with van der Waals surface area (Å²) in [6, 6.07) is 62.5. The van der Waals surface area contributed by atoms with Crippen LogP contribution in [0.15, 0.2) is 191 Å². The van der Waals surface area contributed by atoms with Gasteiger partial charge in [-0.05, 0) is 92.0 Å². The summed E-state index contributed by atoms with van der Waals surface area (Å²) in [5.41, 5.74) is 8.82. The molecule has 0 aliphatic rings. The molecule has 9 aromatic carbocycles. The monoisotopic (exact) mass is 742 g/mol. The van der Waals surface area contributed by atoms with Gasteiger partial charge in [0.25, 0.3) is 0 Å². The van der Waals surface area contributed by atoms with E-state index in [1.165, 1.54) is 10.8 Å². The van der Waals surface area contributed by atoms with Crippen molar-refractivity contribution in [3.63, 3.8) is 0 Å². The Hall–Kier alpha value is -7.96. The zero-order valence-electron chi connectivity index (χ0n) is 30.9. The summed E-state index contributed by atoms with van der Waals surface area (Å²) >= 11 is 0. The lowest BCUT2D eigenvalue weighted by Crippen LogP contribution is -2.00. The van der Waals surface area contributed by atoms with Crippen molar-refractivity contribution < 1.29 is 8.83 Å². The molecule has 0 atom stereocenters. The first-order valence-corrected chi connectivity index (χ1v) is 19.3. The highest BCUT2D eigenvalue weighted by molar-refractivity contribution is 6.25. The third-order valence-corrected chi connectivity index (χ3v) is 11.1. The van der Waals surface area contributed by atoms with E-state index in [2.05, 4.69) is 133 Å². The Morgan fingerprint density at radius 2 is 0.931 bits per heavy atom. The lowest BCUT2D eigenvalue weighted by Gasteiger charge is -2.12. The van der Waals surface area contributed by atoms with Crippen molar-refractivity contribution in [1.29, 1.82) is 0 Å². The molecule has 0 N–H and O–H groups in total. The van der Waals surface area contributed by atoms with Gasteiger partial charge in [0.15, 0.2) is 23.1 Å². The molecule has 6 nitrogen and oxygen atoms in total. The number of hydrogen-bond acceptors (Lipinski definition) is 6. The van der Waals surface area contributed by atoms with Crippen molar-refractivity contribution in [1.82, 2.24) is 19.9 Å². The molecule has 58 heavy (non-hydrogen) atoms. The van der Waals surface area contributed by atoms with Crippen LogP contribution in [-0.4, -0.2) is 19.9 Å². The lowest BCUT2D eigenvalue weighted by molar-refractivity contribution is 0.622. The molecular weight excluding hydrogens is 713 g/mol. The average molecular weight is 743 g/mol. The van der Waals surface area contributed by atoms with Gasteiger partial charge in [0.2, 0.25) is 5.89 Å². The predicted octanol–water partition coefficient (Wildman–Crippen LogP) is 13.7. The molecular formula is C52H30N4O2. The molecule has 0 spiro atoms. The Morgan fingerprint density at radius 1 is 0.328 bits per heavy atom. The summed E-state index contributed by atoms with van der Waals surface area (Å²) in [4.78, 5) is 20.5. The summed E-state index contributed by atoms with van der Waals surface area (Å²) < 4.78 is 13.0. The molecule has 0 radical (unpaired) electrons. The number of nitrogens with zero attached hydrogens (tertiary/aromatic N) is 4. The number of benzene rings is 9. The Balaban J connectivity index is 1.07. The Labute approximate surface area is 331 Å². The van der Waals surface area contributed by atoms with E-state index in [-0.39, 0.29) is 0 Å². The molecule has 3 heterocycles. The number of furan rings is 1. The Morgan fingerprint density at radius 3 is 1.83 bits per heavy atom. The van der Waals surface area contributed by atoms with Crippen LogP contribution in [0.25, 0.3) is 122 Å². The Kier molecular flexibility index (Phi) is 7.13. The maximum Gasteiger partial charge on any atom is 0.227 e. The highest BCUT2D eigenvalue weighted by Gasteiger charge is 2.20. The van der Waals surface area contributed by atoms with Crippen LogP contribution in [0.2, 0.25) is 0 Å². The fourth-order valence-corrected chi connectivity index (χ4v) is 8.28. The quantitative estimate of drug-likeness (QED) is 0.175. The van der Waals surface area contributed by atoms with Crippen LogP contribution in [0, 0.1) is 0 Å². The van der Waals surface area contributed by atoms with Crippen LogP contribution in [0.3, 0.4) is 0 Å². The molecule has 0 saturated carbocycles. The third-order valence-electron chi connectivity index (χ3n) is 11.1. The maximum absolute atomic E-state index is 6.52. The summed E-state index contributed by atoms with van der Waals surface area (Å²) in [6.07, 6.45) is 0. The normalized spacial score (nSPS) is 11.8. The maximum atomic E-state index is 6.52. The van der Waals surface area contributed by atoms with Crippen molar-refractivity contribution in [2.24, 2.45) is 0 Å². The van der Waals surface area contributed by atoms with Gasteiger partial charge in [0.1, 0.15) is 16.7 Å². The van der Waals surface area contributed by atoms with Crippen molar-refractivity contribution in [2.45, 2.75) is 0 Å². The second kappa shape index (κ2) is 12.8. The summed E-state index contributed by atoms with van der Waals surface area (Å²) in [6.45, 7) is 0. The number of hydrogen-bond donors (Lipinski definition) is 0. The number of fused-ring (bicyclic) bond motifs is 9. The number of oxazole rings is 1. The molecule has 12 rings (SSSR count). The lowest BCUT2D eigenvalue weighted by atomic mass is 9.99. The predicted molar refractivity (Wildman–Crippen MR) is 234 cm³/mol. The van der Waals surface area contributed by atoms with Gasteiger partial charge in [0.05, 0.1) is 5.39 Å². The zero-order chi connectivity index (χ0) is 38.2. The van der Waals surface area contributed by atoms with E-state index < -0.39 is 0 Å².